The normalized spacial score (nSPS) is 24.3. The van der Waals surface area contributed by atoms with Crippen molar-refractivity contribution in [2.75, 3.05) is 5.73 Å². The van der Waals surface area contributed by atoms with E-state index in [1.165, 1.54) is 5.56 Å². The lowest BCUT2D eigenvalue weighted by atomic mass is 10.0. The number of hydrogen-bond acceptors (Lipinski definition) is 3. The van der Waals surface area contributed by atoms with Gasteiger partial charge < -0.3 is 16.0 Å². The van der Waals surface area contributed by atoms with Gasteiger partial charge in [0, 0.05) is 17.5 Å². The summed E-state index contributed by atoms with van der Waals surface area (Å²) >= 11 is 0. The highest BCUT2D eigenvalue weighted by Gasteiger charge is 2.46. The third-order valence-electron chi connectivity index (χ3n) is 5.07. The van der Waals surface area contributed by atoms with E-state index in [1.54, 1.807) is 0 Å². The Hall–Kier alpha value is -2.50. The molecule has 0 spiro atoms. The number of anilines is 1. The minimum atomic E-state index is -0.429. The SMILES string of the molecule is CC1(C)c2[nH]nc(N)c2CN1C(=O)NC1CC1c1ccccc1. The average Bonchev–Trinajstić information content (AvgIpc) is 3.10. The number of carbonyl (C=O) groups excluding carboxylic acids is 1. The Morgan fingerprint density at radius 3 is 2.83 bits per heavy atom. The first kappa shape index (κ1) is 14.1. The zero-order chi connectivity index (χ0) is 16.2. The van der Waals surface area contributed by atoms with Crippen molar-refractivity contribution in [1.29, 1.82) is 0 Å². The molecule has 2 aliphatic rings. The van der Waals surface area contributed by atoms with Crippen LogP contribution in [0.1, 0.15) is 43.0 Å². The number of rotatable bonds is 2. The van der Waals surface area contributed by atoms with Gasteiger partial charge in [0.1, 0.15) is 0 Å². The van der Waals surface area contributed by atoms with Crippen LogP contribution in [0.15, 0.2) is 30.3 Å². The molecule has 120 valence electrons. The number of carbonyl (C=O) groups is 1. The monoisotopic (exact) mass is 311 g/mol. The Kier molecular flexibility index (Phi) is 2.91. The molecule has 23 heavy (non-hydrogen) atoms. The van der Waals surface area contributed by atoms with E-state index >= 15 is 0 Å². The molecule has 4 N–H and O–H groups in total. The predicted octanol–water partition coefficient (Wildman–Crippen LogP) is 2.31. The molecular weight excluding hydrogens is 290 g/mol. The summed E-state index contributed by atoms with van der Waals surface area (Å²) in [5.41, 5.74) is 8.61. The number of H-pyrrole nitrogens is 1. The van der Waals surface area contributed by atoms with E-state index in [2.05, 4.69) is 27.6 Å². The number of nitrogens with two attached hydrogens (primary N) is 1. The fraction of sp³-hybridized carbons (Fsp3) is 0.412. The highest BCUT2D eigenvalue weighted by molar-refractivity contribution is 5.78. The molecule has 1 aliphatic carbocycles. The molecule has 1 aromatic heterocycles. The van der Waals surface area contributed by atoms with Crippen LogP contribution < -0.4 is 11.1 Å². The van der Waals surface area contributed by atoms with Crippen LogP contribution in [-0.2, 0) is 12.1 Å². The molecule has 2 aromatic rings. The molecule has 1 aliphatic heterocycles. The van der Waals surface area contributed by atoms with Gasteiger partial charge in [-0.05, 0) is 25.8 Å². The summed E-state index contributed by atoms with van der Waals surface area (Å²) in [6.45, 7) is 4.52. The van der Waals surface area contributed by atoms with Gasteiger partial charge in [-0.1, -0.05) is 30.3 Å². The molecular formula is C17H21N5O. The zero-order valence-corrected chi connectivity index (χ0v) is 13.3. The van der Waals surface area contributed by atoms with Gasteiger partial charge in [0.2, 0.25) is 0 Å². The number of fused-ring (bicyclic) bond motifs is 1. The van der Waals surface area contributed by atoms with Crippen molar-refractivity contribution in [1.82, 2.24) is 20.4 Å². The standard InChI is InChI=1S/C17H21N5O/c1-17(2)14-12(15(18)21-20-14)9-22(17)16(23)19-13-8-11(13)10-6-4-3-5-7-10/h3-7,11,13H,8-9H2,1-2H3,(H,19,23)(H3,18,20,21). The van der Waals surface area contributed by atoms with E-state index in [0.717, 1.165) is 17.7 Å². The smallest absolute Gasteiger partial charge is 0.318 e. The molecule has 1 saturated carbocycles. The van der Waals surface area contributed by atoms with Gasteiger partial charge in [-0.3, -0.25) is 5.10 Å². The van der Waals surface area contributed by atoms with Crippen molar-refractivity contribution < 1.29 is 4.79 Å². The van der Waals surface area contributed by atoms with Gasteiger partial charge in [0.15, 0.2) is 5.82 Å². The first-order valence-corrected chi connectivity index (χ1v) is 7.94. The molecule has 0 radical (unpaired) electrons. The number of hydrogen-bond donors (Lipinski definition) is 3. The zero-order valence-electron chi connectivity index (χ0n) is 13.3. The van der Waals surface area contributed by atoms with Crippen molar-refractivity contribution in [3.63, 3.8) is 0 Å². The molecule has 2 atom stereocenters. The predicted molar refractivity (Wildman–Crippen MR) is 87.7 cm³/mol. The summed E-state index contributed by atoms with van der Waals surface area (Å²) in [6.07, 6.45) is 0.999. The van der Waals surface area contributed by atoms with Crippen molar-refractivity contribution in [3.8, 4) is 0 Å². The molecule has 0 bridgehead atoms. The van der Waals surface area contributed by atoms with Crippen LogP contribution in [0.5, 0.6) is 0 Å². The minimum absolute atomic E-state index is 0.0394. The number of nitrogen functional groups attached to an aromatic ring is 1. The quantitative estimate of drug-likeness (QED) is 0.795. The first-order chi connectivity index (χ1) is 11.0. The minimum Gasteiger partial charge on any atom is -0.382 e. The number of amides is 2. The summed E-state index contributed by atoms with van der Waals surface area (Å²) in [6, 6.07) is 10.5. The number of aromatic amines is 1. The fourth-order valence-corrected chi connectivity index (χ4v) is 3.52. The molecule has 0 saturated heterocycles. The van der Waals surface area contributed by atoms with Gasteiger partial charge in [0.25, 0.3) is 0 Å². The second kappa shape index (κ2) is 4.75. The summed E-state index contributed by atoms with van der Waals surface area (Å²) < 4.78 is 0. The first-order valence-electron chi connectivity index (χ1n) is 7.94. The number of aromatic nitrogens is 2. The fourth-order valence-electron chi connectivity index (χ4n) is 3.52. The van der Waals surface area contributed by atoms with E-state index in [-0.39, 0.29) is 12.1 Å². The van der Waals surface area contributed by atoms with Crippen LogP contribution in [0.2, 0.25) is 0 Å². The lowest BCUT2D eigenvalue weighted by Gasteiger charge is -2.32. The van der Waals surface area contributed by atoms with Crippen LogP contribution in [-0.4, -0.2) is 27.2 Å². The number of benzene rings is 1. The van der Waals surface area contributed by atoms with Crippen molar-refractivity contribution in [2.45, 2.75) is 44.3 Å². The summed E-state index contributed by atoms with van der Waals surface area (Å²) in [7, 11) is 0. The summed E-state index contributed by atoms with van der Waals surface area (Å²) in [4.78, 5) is 14.5. The number of urea groups is 1. The summed E-state index contributed by atoms with van der Waals surface area (Å²) in [5, 5.41) is 10.2. The third kappa shape index (κ3) is 2.17. The van der Waals surface area contributed by atoms with Crippen LogP contribution >= 0.6 is 0 Å². The molecule has 1 fully saturated rings. The Morgan fingerprint density at radius 1 is 1.39 bits per heavy atom. The van der Waals surface area contributed by atoms with E-state index < -0.39 is 5.54 Å². The Labute approximate surface area is 135 Å². The maximum absolute atomic E-state index is 12.7. The second-order valence-corrected chi connectivity index (χ2v) is 6.92. The molecule has 1 aromatic carbocycles. The summed E-state index contributed by atoms with van der Waals surface area (Å²) in [5.74, 6) is 0.910. The van der Waals surface area contributed by atoms with Gasteiger partial charge in [-0.25, -0.2) is 4.79 Å². The lowest BCUT2D eigenvalue weighted by Crippen LogP contribution is -2.47. The van der Waals surface area contributed by atoms with Crippen LogP contribution in [0, 0.1) is 0 Å². The van der Waals surface area contributed by atoms with Crippen molar-refractivity contribution in [2.24, 2.45) is 0 Å². The van der Waals surface area contributed by atoms with Crippen LogP contribution in [0.25, 0.3) is 0 Å². The second-order valence-electron chi connectivity index (χ2n) is 6.92. The number of nitrogens with zero attached hydrogens (tertiary/aromatic N) is 2. The largest absolute Gasteiger partial charge is 0.382 e. The van der Waals surface area contributed by atoms with Gasteiger partial charge >= 0.3 is 6.03 Å². The van der Waals surface area contributed by atoms with Gasteiger partial charge in [-0.2, -0.15) is 5.10 Å². The van der Waals surface area contributed by atoms with Gasteiger partial charge in [0.05, 0.1) is 17.8 Å². The van der Waals surface area contributed by atoms with Crippen LogP contribution in [0.4, 0.5) is 10.6 Å². The molecule has 6 nitrogen and oxygen atoms in total. The molecule has 2 amide bonds. The molecule has 2 heterocycles. The topological polar surface area (TPSA) is 87.0 Å². The maximum atomic E-state index is 12.7. The molecule has 2 unspecified atom stereocenters. The maximum Gasteiger partial charge on any atom is 0.318 e. The van der Waals surface area contributed by atoms with Crippen molar-refractivity contribution >= 4 is 11.8 Å². The van der Waals surface area contributed by atoms with E-state index in [9.17, 15) is 4.79 Å². The Balaban J connectivity index is 1.45. The van der Waals surface area contributed by atoms with Gasteiger partial charge in [-0.15, -0.1) is 0 Å². The van der Waals surface area contributed by atoms with E-state index in [0.29, 0.717) is 18.3 Å². The molecule has 4 rings (SSSR count). The Bertz CT molecular complexity index is 752. The highest BCUT2D eigenvalue weighted by Crippen LogP contribution is 2.43. The third-order valence-corrected chi connectivity index (χ3v) is 5.07. The highest BCUT2D eigenvalue weighted by atomic mass is 16.2. The molecule has 6 heteroatoms. The van der Waals surface area contributed by atoms with E-state index in [4.69, 9.17) is 5.73 Å². The lowest BCUT2D eigenvalue weighted by molar-refractivity contribution is 0.142. The number of nitrogens with one attached hydrogen (secondary N) is 2. The average molecular weight is 311 g/mol. The van der Waals surface area contributed by atoms with Crippen molar-refractivity contribution in [3.05, 3.63) is 47.2 Å². The Morgan fingerprint density at radius 2 is 2.13 bits per heavy atom. The van der Waals surface area contributed by atoms with Crippen LogP contribution in [0.3, 0.4) is 0 Å². The van der Waals surface area contributed by atoms with E-state index in [1.807, 2.05) is 36.9 Å².